The fraction of sp³-hybridized carbons (Fsp3) is 0.333. The van der Waals surface area contributed by atoms with E-state index in [-0.39, 0.29) is 17.6 Å². The van der Waals surface area contributed by atoms with Crippen molar-refractivity contribution in [1.82, 2.24) is 10.3 Å². The summed E-state index contributed by atoms with van der Waals surface area (Å²) in [6.45, 7) is 1.87. The highest BCUT2D eigenvalue weighted by atomic mass is 35.5. The predicted molar refractivity (Wildman–Crippen MR) is 87.3 cm³/mol. The van der Waals surface area contributed by atoms with E-state index in [2.05, 4.69) is 10.3 Å². The number of alkyl halides is 1. The van der Waals surface area contributed by atoms with Crippen molar-refractivity contribution in [3.8, 4) is 5.75 Å². The van der Waals surface area contributed by atoms with Crippen LogP contribution in [0, 0.1) is 0 Å². The number of hydrogen-bond acceptors (Lipinski definition) is 3. The first kappa shape index (κ1) is 16.6. The minimum atomic E-state index is -0.203. The molecular formula is C15H16Cl2N2O3. The summed E-state index contributed by atoms with van der Waals surface area (Å²) in [5, 5.41) is 4.00. The van der Waals surface area contributed by atoms with Gasteiger partial charge in [-0.25, -0.2) is 0 Å². The second-order valence-electron chi connectivity index (χ2n) is 4.80. The fourth-order valence-electron chi connectivity index (χ4n) is 2.34. The first-order valence-corrected chi connectivity index (χ1v) is 7.60. The quantitative estimate of drug-likeness (QED) is 0.626. The summed E-state index contributed by atoms with van der Waals surface area (Å²) in [5.41, 5.74) is 1.97. The SMILES string of the molecule is COc1cc2c(CCNC(C)=O)c(C(=O)CCl)[nH]c2cc1Cl. The number of ether oxygens (including phenoxy) is 1. The number of rotatable bonds is 6. The van der Waals surface area contributed by atoms with Gasteiger partial charge in [0.15, 0.2) is 5.78 Å². The summed E-state index contributed by atoms with van der Waals surface area (Å²) in [5.74, 6) is 0.0838. The molecule has 0 bridgehead atoms. The monoisotopic (exact) mass is 342 g/mol. The van der Waals surface area contributed by atoms with Crippen LogP contribution in [0.5, 0.6) is 5.75 Å². The summed E-state index contributed by atoms with van der Waals surface area (Å²) >= 11 is 11.8. The number of amides is 1. The normalized spacial score (nSPS) is 10.7. The van der Waals surface area contributed by atoms with Crippen LogP contribution in [-0.4, -0.2) is 36.2 Å². The number of ketones is 1. The van der Waals surface area contributed by atoms with Crippen molar-refractivity contribution < 1.29 is 14.3 Å². The molecule has 2 N–H and O–H groups in total. The molecule has 0 aliphatic carbocycles. The van der Waals surface area contributed by atoms with E-state index in [9.17, 15) is 9.59 Å². The van der Waals surface area contributed by atoms with Crippen LogP contribution in [0.4, 0.5) is 0 Å². The summed E-state index contributed by atoms with van der Waals surface area (Å²) in [4.78, 5) is 26.1. The van der Waals surface area contributed by atoms with Crippen molar-refractivity contribution >= 4 is 45.8 Å². The van der Waals surface area contributed by atoms with Gasteiger partial charge in [-0.3, -0.25) is 9.59 Å². The first-order valence-electron chi connectivity index (χ1n) is 6.69. The van der Waals surface area contributed by atoms with Crippen LogP contribution in [-0.2, 0) is 11.2 Å². The minimum Gasteiger partial charge on any atom is -0.495 e. The molecule has 0 saturated carbocycles. The maximum Gasteiger partial charge on any atom is 0.216 e. The molecule has 1 amide bonds. The summed E-state index contributed by atoms with van der Waals surface area (Å²) < 4.78 is 5.22. The van der Waals surface area contributed by atoms with Crippen LogP contribution < -0.4 is 10.1 Å². The summed E-state index contributed by atoms with van der Waals surface area (Å²) in [6, 6.07) is 3.49. The number of fused-ring (bicyclic) bond motifs is 1. The van der Waals surface area contributed by atoms with Gasteiger partial charge < -0.3 is 15.0 Å². The number of benzene rings is 1. The molecule has 2 rings (SSSR count). The zero-order valence-corrected chi connectivity index (χ0v) is 13.8. The van der Waals surface area contributed by atoms with Gasteiger partial charge in [-0.05, 0) is 24.1 Å². The zero-order valence-electron chi connectivity index (χ0n) is 12.3. The Morgan fingerprint density at radius 2 is 2.09 bits per heavy atom. The second-order valence-corrected chi connectivity index (χ2v) is 5.48. The number of aromatic amines is 1. The fourth-order valence-corrected chi connectivity index (χ4v) is 2.71. The van der Waals surface area contributed by atoms with E-state index < -0.39 is 0 Å². The van der Waals surface area contributed by atoms with Gasteiger partial charge in [-0.15, -0.1) is 11.6 Å². The maximum absolute atomic E-state index is 12.0. The van der Waals surface area contributed by atoms with Gasteiger partial charge in [0.1, 0.15) is 5.75 Å². The molecule has 1 aromatic carbocycles. The molecule has 118 valence electrons. The van der Waals surface area contributed by atoms with E-state index in [0.717, 1.165) is 16.5 Å². The third-order valence-electron chi connectivity index (χ3n) is 3.33. The molecule has 0 aliphatic heterocycles. The van der Waals surface area contributed by atoms with E-state index in [1.165, 1.54) is 14.0 Å². The van der Waals surface area contributed by atoms with Crippen molar-refractivity contribution in [2.24, 2.45) is 0 Å². The maximum atomic E-state index is 12.0. The Morgan fingerprint density at radius 3 is 2.68 bits per heavy atom. The molecule has 7 heteroatoms. The lowest BCUT2D eigenvalue weighted by Crippen LogP contribution is -2.23. The molecular weight excluding hydrogens is 327 g/mol. The molecule has 0 radical (unpaired) electrons. The number of methoxy groups -OCH3 is 1. The van der Waals surface area contributed by atoms with Crippen molar-refractivity contribution in [2.75, 3.05) is 19.5 Å². The molecule has 22 heavy (non-hydrogen) atoms. The Morgan fingerprint density at radius 1 is 1.36 bits per heavy atom. The minimum absolute atomic E-state index is 0.120. The second kappa shape index (κ2) is 7.03. The third-order valence-corrected chi connectivity index (χ3v) is 3.87. The molecule has 0 saturated heterocycles. The largest absolute Gasteiger partial charge is 0.495 e. The van der Waals surface area contributed by atoms with Gasteiger partial charge in [-0.1, -0.05) is 11.6 Å². The Kier molecular flexibility index (Phi) is 5.32. The lowest BCUT2D eigenvalue weighted by Gasteiger charge is -2.06. The zero-order chi connectivity index (χ0) is 16.3. The van der Waals surface area contributed by atoms with Crippen molar-refractivity contribution in [2.45, 2.75) is 13.3 Å². The number of hydrogen-bond donors (Lipinski definition) is 2. The number of halogens is 2. The number of aromatic nitrogens is 1. The molecule has 0 fully saturated rings. The average molecular weight is 343 g/mol. The van der Waals surface area contributed by atoms with E-state index in [4.69, 9.17) is 27.9 Å². The first-order chi connectivity index (χ1) is 10.5. The standard InChI is InChI=1S/C15H16Cl2N2O3/c1-8(20)18-4-3-9-10-5-14(22-2)11(17)6-12(10)19-15(9)13(21)7-16/h5-6,19H,3-4,7H2,1-2H3,(H,18,20). The number of Topliss-reactive ketones (excluding diaryl/α,β-unsaturated/α-hetero) is 1. The van der Waals surface area contributed by atoms with Crippen LogP contribution >= 0.6 is 23.2 Å². The van der Waals surface area contributed by atoms with Gasteiger partial charge in [0.05, 0.1) is 23.7 Å². The lowest BCUT2D eigenvalue weighted by molar-refractivity contribution is -0.118. The lowest BCUT2D eigenvalue weighted by atomic mass is 10.1. The molecule has 0 unspecified atom stereocenters. The Balaban J connectivity index is 2.51. The topological polar surface area (TPSA) is 71.2 Å². The van der Waals surface area contributed by atoms with Gasteiger partial charge in [0.25, 0.3) is 0 Å². The molecule has 0 spiro atoms. The third kappa shape index (κ3) is 3.36. The van der Waals surface area contributed by atoms with Gasteiger partial charge >= 0.3 is 0 Å². The van der Waals surface area contributed by atoms with E-state index in [1.807, 2.05) is 0 Å². The van der Waals surface area contributed by atoms with E-state index in [0.29, 0.717) is 29.4 Å². The van der Waals surface area contributed by atoms with Crippen molar-refractivity contribution in [3.63, 3.8) is 0 Å². The Bertz CT molecular complexity index is 725. The highest BCUT2D eigenvalue weighted by Crippen LogP contribution is 2.33. The number of carbonyl (C=O) groups excluding carboxylic acids is 2. The van der Waals surface area contributed by atoms with Crippen LogP contribution in [0.1, 0.15) is 23.0 Å². The van der Waals surface area contributed by atoms with Crippen LogP contribution in [0.3, 0.4) is 0 Å². The number of nitrogens with one attached hydrogen (secondary N) is 2. The highest BCUT2D eigenvalue weighted by Gasteiger charge is 2.18. The average Bonchev–Trinajstić information content (AvgIpc) is 2.83. The van der Waals surface area contributed by atoms with Crippen LogP contribution in [0.15, 0.2) is 12.1 Å². The number of H-pyrrole nitrogens is 1. The molecule has 5 nitrogen and oxygen atoms in total. The van der Waals surface area contributed by atoms with Gasteiger partial charge in [0, 0.05) is 24.4 Å². The highest BCUT2D eigenvalue weighted by molar-refractivity contribution is 6.33. The van der Waals surface area contributed by atoms with Gasteiger partial charge in [0.2, 0.25) is 5.91 Å². The summed E-state index contributed by atoms with van der Waals surface area (Å²) in [6.07, 6.45) is 0.502. The molecule has 0 atom stereocenters. The Hall–Kier alpha value is -1.72. The van der Waals surface area contributed by atoms with E-state index >= 15 is 0 Å². The van der Waals surface area contributed by atoms with Crippen molar-refractivity contribution in [1.29, 1.82) is 0 Å². The summed E-state index contributed by atoms with van der Waals surface area (Å²) in [7, 11) is 1.53. The van der Waals surface area contributed by atoms with Gasteiger partial charge in [-0.2, -0.15) is 0 Å². The van der Waals surface area contributed by atoms with Crippen LogP contribution in [0.2, 0.25) is 5.02 Å². The Labute approximate surface area is 137 Å². The number of carbonyl (C=O) groups is 2. The molecule has 2 aromatic rings. The van der Waals surface area contributed by atoms with Crippen LogP contribution in [0.25, 0.3) is 10.9 Å². The molecule has 1 aromatic heterocycles. The predicted octanol–water partition coefficient (Wildman–Crippen LogP) is 2.93. The smallest absolute Gasteiger partial charge is 0.216 e. The molecule has 0 aliphatic rings. The molecule has 1 heterocycles. The van der Waals surface area contributed by atoms with E-state index in [1.54, 1.807) is 12.1 Å². The van der Waals surface area contributed by atoms with Crippen molar-refractivity contribution in [3.05, 3.63) is 28.4 Å².